The van der Waals surface area contributed by atoms with Gasteiger partial charge in [0.05, 0.1) is 0 Å². The monoisotopic (exact) mass is 359 g/mol. The number of benzene rings is 2. The van der Waals surface area contributed by atoms with Gasteiger partial charge in [-0.05, 0) is 64.4 Å². The lowest BCUT2D eigenvalue weighted by Crippen LogP contribution is -2.14. The van der Waals surface area contributed by atoms with Gasteiger partial charge in [-0.2, -0.15) is 0 Å². The largest absolute Gasteiger partial charge is 0.324 e. The maximum Gasteiger partial charge on any atom is 0.124 e. The number of hydrogen-bond donors (Lipinski definition) is 1. The summed E-state index contributed by atoms with van der Waals surface area (Å²) >= 11 is 2.07. The first kappa shape index (κ1) is 13.4. The molecule has 0 spiro atoms. The molecule has 2 aromatic carbocycles. The first-order chi connectivity index (χ1) is 8.56. The Morgan fingerprint density at radius 3 is 2.22 bits per heavy atom. The second kappa shape index (κ2) is 5.75. The van der Waals surface area contributed by atoms with Gasteiger partial charge in [-0.1, -0.05) is 18.2 Å². The Hall–Kier alpha value is -1.01. The van der Waals surface area contributed by atoms with Crippen LogP contribution in [0.1, 0.15) is 17.2 Å². The number of nitrogens with two attached hydrogens (primary N) is 1. The van der Waals surface area contributed by atoms with Gasteiger partial charge in [0.2, 0.25) is 0 Å². The first-order valence-corrected chi connectivity index (χ1v) is 6.59. The minimum Gasteiger partial charge on any atom is -0.324 e. The molecule has 0 amide bonds. The molecule has 18 heavy (non-hydrogen) atoms. The number of hydrogen-bond acceptors (Lipinski definition) is 1. The van der Waals surface area contributed by atoms with E-state index >= 15 is 0 Å². The zero-order valence-electron chi connectivity index (χ0n) is 9.54. The highest BCUT2D eigenvalue weighted by Crippen LogP contribution is 2.22. The van der Waals surface area contributed by atoms with Crippen molar-refractivity contribution in [3.63, 3.8) is 0 Å². The SMILES string of the molecule is NC(Cc1ccc(F)cc1)c1ccc(F)cc1I. The van der Waals surface area contributed by atoms with Gasteiger partial charge in [0.15, 0.2) is 0 Å². The van der Waals surface area contributed by atoms with Crippen molar-refractivity contribution in [3.8, 4) is 0 Å². The Kier molecular flexibility index (Phi) is 4.29. The highest BCUT2D eigenvalue weighted by molar-refractivity contribution is 14.1. The average Bonchev–Trinajstić information content (AvgIpc) is 2.32. The minimum absolute atomic E-state index is 0.219. The van der Waals surface area contributed by atoms with Crippen LogP contribution in [0.15, 0.2) is 42.5 Å². The highest BCUT2D eigenvalue weighted by Gasteiger charge is 2.11. The summed E-state index contributed by atoms with van der Waals surface area (Å²) in [5.74, 6) is -0.527. The molecular formula is C14H12F2IN. The van der Waals surface area contributed by atoms with Crippen LogP contribution in [0.5, 0.6) is 0 Å². The molecule has 94 valence electrons. The Bertz CT molecular complexity index is 540. The molecule has 1 atom stereocenters. The van der Waals surface area contributed by atoms with Crippen LogP contribution in [0.3, 0.4) is 0 Å². The highest BCUT2D eigenvalue weighted by atomic mass is 127. The van der Waals surface area contributed by atoms with Gasteiger partial charge in [-0.25, -0.2) is 8.78 Å². The molecule has 2 aromatic rings. The Morgan fingerprint density at radius 1 is 1.00 bits per heavy atom. The van der Waals surface area contributed by atoms with Crippen LogP contribution >= 0.6 is 22.6 Å². The summed E-state index contributed by atoms with van der Waals surface area (Å²) in [6.45, 7) is 0. The third-order valence-electron chi connectivity index (χ3n) is 2.73. The van der Waals surface area contributed by atoms with E-state index in [4.69, 9.17) is 5.73 Å². The first-order valence-electron chi connectivity index (χ1n) is 5.51. The van der Waals surface area contributed by atoms with Crippen molar-refractivity contribution in [2.75, 3.05) is 0 Å². The van der Waals surface area contributed by atoms with Crippen LogP contribution in [0.2, 0.25) is 0 Å². The molecule has 0 aliphatic carbocycles. The van der Waals surface area contributed by atoms with Crippen molar-refractivity contribution in [1.82, 2.24) is 0 Å². The van der Waals surface area contributed by atoms with E-state index in [9.17, 15) is 8.78 Å². The van der Waals surface area contributed by atoms with Gasteiger partial charge in [0.1, 0.15) is 11.6 Å². The van der Waals surface area contributed by atoms with Gasteiger partial charge >= 0.3 is 0 Å². The van der Waals surface area contributed by atoms with Crippen molar-refractivity contribution in [1.29, 1.82) is 0 Å². The topological polar surface area (TPSA) is 26.0 Å². The molecule has 0 saturated heterocycles. The van der Waals surface area contributed by atoms with E-state index in [-0.39, 0.29) is 17.7 Å². The fourth-order valence-corrected chi connectivity index (χ4v) is 2.66. The van der Waals surface area contributed by atoms with Gasteiger partial charge < -0.3 is 5.73 Å². The van der Waals surface area contributed by atoms with E-state index < -0.39 is 0 Å². The van der Waals surface area contributed by atoms with Crippen LogP contribution < -0.4 is 5.73 Å². The van der Waals surface area contributed by atoms with E-state index in [0.29, 0.717) is 6.42 Å². The van der Waals surface area contributed by atoms with Gasteiger partial charge in [0, 0.05) is 9.61 Å². The smallest absolute Gasteiger partial charge is 0.124 e. The predicted molar refractivity (Wildman–Crippen MR) is 76.1 cm³/mol. The predicted octanol–water partition coefficient (Wildman–Crippen LogP) is 3.81. The van der Waals surface area contributed by atoms with E-state index in [1.165, 1.54) is 24.3 Å². The lowest BCUT2D eigenvalue weighted by Gasteiger charge is -2.14. The number of rotatable bonds is 3. The molecule has 2 N–H and O–H groups in total. The molecule has 2 rings (SSSR count). The van der Waals surface area contributed by atoms with Crippen molar-refractivity contribution in [2.24, 2.45) is 5.73 Å². The zero-order valence-corrected chi connectivity index (χ0v) is 11.7. The Labute approximate surface area is 118 Å². The molecule has 0 heterocycles. The summed E-state index contributed by atoms with van der Waals surface area (Å²) in [6.07, 6.45) is 0.599. The van der Waals surface area contributed by atoms with Crippen molar-refractivity contribution >= 4 is 22.6 Å². The minimum atomic E-state index is -0.267. The van der Waals surface area contributed by atoms with Gasteiger partial charge in [-0.15, -0.1) is 0 Å². The van der Waals surface area contributed by atoms with E-state index in [1.807, 2.05) is 0 Å². The average molecular weight is 359 g/mol. The third kappa shape index (κ3) is 3.26. The zero-order chi connectivity index (χ0) is 13.1. The third-order valence-corrected chi connectivity index (χ3v) is 3.67. The summed E-state index contributed by atoms with van der Waals surface area (Å²) in [5, 5.41) is 0. The summed E-state index contributed by atoms with van der Waals surface area (Å²) in [4.78, 5) is 0. The number of halogens is 3. The standard InChI is InChI=1S/C14H12F2IN/c15-10-3-1-9(2-4-10)7-14(18)12-6-5-11(16)8-13(12)17/h1-6,8,14H,7,18H2. The fourth-order valence-electron chi connectivity index (χ4n) is 1.79. The molecule has 0 radical (unpaired) electrons. The lowest BCUT2D eigenvalue weighted by atomic mass is 10.00. The molecular weight excluding hydrogens is 347 g/mol. The lowest BCUT2D eigenvalue weighted by molar-refractivity contribution is 0.620. The molecule has 0 aliphatic heterocycles. The van der Waals surface area contributed by atoms with Crippen molar-refractivity contribution in [3.05, 3.63) is 68.8 Å². The van der Waals surface area contributed by atoms with Crippen LogP contribution in [0.4, 0.5) is 8.78 Å². The molecule has 0 bridgehead atoms. The van der Waals surface area contributed by atoms with Crippen LogP contribution in [-0.4, -0.2) is 0 Å². The summed E-state index contributed by atoms with van der Waals surface area (Å²) in [6, 6.07) is 10.6. The molecule has 0 aliphatic rings. The quantitative estimate of drug-likeness (QED) is 0.829. The second-order valence-electron chi connectivity index (χ2n) is 4.10. The molecule has 1 nitrogen and oxygen atoms in total. The maximum atomic E-state index is 13.0. The van der Waals surface area contributed by atoms with Crippen molar-refractivity contribution < 1.29 is 8.78 Å². The summed E-state index contributed by atoms with van der Waals surface area (Å²) in [5.41, 5.74) is 7.96. The normalized spacial score (nSPS) is 12.4. The van der Waals surface area contributed by atoms with Crippen LogP contribution in [0, 0.1) is 15.2 Å². The Balaban J connectivity index is 2.16. The molecule has 0 saturated carbocycles. The van der Waals surface area contributed by atoms with E-state index in [2.05, 4.69) is 22.6 Å². The van der Waals surface area contributed by atoms with E-state index in [0.717, 1.165) is 14.7 Å². The Morgan fingerprint density at radius 2 is 1.61 bits per heavy atom. The summed E-state index contributed by atoms with van der Waals surface area (Å²) < 4.78 is 26.6. The molecule has 4 heteroatoms. The fraction of sp³-hybridized carbons (Fsp3) is 0.143. The second-order valence-corrected chi connectivity index (χ2v) is 5.27. The van der Waals surface area contributed by atoms with Gasteiger partial charge in [0.25, 0.3) is 0 Å². The molecule has 0 fully saturated rings. The molecule has 1 unspecified atom stereocenters. The van der Waals surface area contributed by atoms with E-state index in [1.54, 1.807) is 18.2 Å². The maximum absolute atomic E-state index is 13.0. The molecule has 0 aromatic heterocycles. The van der Waals surface area contributed by atoms with Gasteiger partial charge in [-0.3, -0.25) is 0 Å². The summed E-state index contributed by atoms with van der Waals surface area (Å²) in [7, 11) is 0. The van der Waals surface area contributed by atoms with Crippen LogP contribution in [-0.2, 0) is 6.42 Å². The van der Waals surface area contributed by atoms with Crippen LogP contribution in [0.25, 0.3) is 0 Å². The van der Waals surface area contributed by atoms with Crippen molar-refractivity contribution in [2.45, 2.75) is 12.5 Å².